The molecule has 0 amide bonds. The molecule has 1 N–H and O–H groups in total. The number of ether oxygens (including phenoxy) is 1. The normalized spacial score (nSPS) is 21.2. The van der Waals surface area contributed by atoms with Gasteiger partial charge in [0.05, 0.1) is 13.2 Å². The lowest BCUT2D eigenvalue weighted by molar-refractivity contribution is 0.123. The third kappa shape index (κ3) is 2.36. The number of hydrogen-bond donors (Lipinski definition) is 1. The van der Waals surface area contributed by atoms with Crippen LogP contribution in [0.5, 0.6) is 5.75 Å². The average molecular weight is 254 g/mol. The van der Waals surface area contributed by atoms with Crippen LogP contribution in [0.1, 0.15) is 22.8 Å². The van der Waals surface area contributed by atoms with Gasteiger partial charge in [-0.1, -0.05) is 36.4 Å². The molecule has 2 nitrogen and oxygen atoms in total. The Morgan fingerprint density at radius 1 is 1.16 bits per heavy atom. The van der Waals surface area contributed by atoms with E-state index < -0.39 is 0 Å². The highest BCUT2D eigenvalue weighted by atomic mass is 16.5. The molecule has 0 bridgehead atoms. The van der Waals surface area contributed by atoms with Gasteiger partial charge in [0.25, 0.3) is 0 Å². The van der Waals surface area contributed by atoms with Crippen molar-refractivity contribution in [1.82, 2.24) is 0 Å². The van der Waals surface area contributed by atoms with Crippen molar-refractivity contribution < 1.29 is 9.84 Å². The van der Waals surface area contributed by atoms with Crippen LogP contribution in [0.3, 0.4) is 0 Å². The first-order chi connectivity index (χ1) is 9.28. The number of fused-ring (bicyclic) bond motifs is 1. The van der Waals surface area contributed by atoms with Crippen LogP contribution in [-0.2, 0) is 12.8 Å². The Bertz CT molecular complexity index is 563. The Labute approximate surface area is 113 Å². The lowest BCUT2D eigenvalue weighted by Crippen LogP contribution is -2.10. The molecule has 98 valence electrons. The van der Waals surface area contributed by atoms with Crippen LogP contribution in [0.4, 0.5) is 0 Å². The average Bonchev–Trinajstić information content (AvgIpc) is 2.76. The third-order valence-corrected chi connectivity index (χ3v) is 3.94. The van der Waals surface area contributed by atoms with E-state index in [0.717, 1.165) is 24.2 Å². The van der Waals surface area contributed by atoms with Crippen molar-refractivity contribution in [3.63, 3.8) is 0 Å². The van der Waals surface area contributed by atoms with Crippen molar-refractivity contribution in [2.24, 2.45) is 5.92 Å². The molecule has 1 aliphatic carbocycles. The van der Waals surface area contributed by atoms with E-state index in [2.05, 4.69) is 18.2 Å². The second kappa shape index (κ2) is 5.06. The fraction of sp³-hybridized carbons (Fsp3) is 0.294. The SMILES string of the molecule is COc1ccc2c(c1)[C@H](O)[C@H](Cc1ccccc1)C2. The number of aliphatic hydroxyl groups is 1. The van der Waals surface area contributed by atoms with E-state index in [9.17, 15) is 5.11 Å². The minimum Gasteiger partial charge on any atom is -0.497 e. The third-order valence-electron chi connectivity index (χ3n) is 3.94. The van der Waals surface area contributed by atoms with Crippen molar-refractivity contribution >= 4 is 0 Å². The Hall–Kier alpha value is -1.80. The summed E-state index contributed by atoms with van der Waals surface area (Å²) < 4.78 is 5.23. The summed E-state index contributed by atoms with van der Waals surface area (Å²) >= 11 is 0. The molecule has 2 aromatic carbocycles. The summed E-state index contributed by atoms with van der Waals surface area (Å²) in [5, 5.41) is 10.5. The first-order valence-electron chi connectivity index (χ1n) is 6.66. The summed E-state index contributed by atoms with van der Waals surface area (Å²) in [4.78, 5) is 0. The van der Waals surface area contributed by atoms with Crippen LogP contribution in [0.2, 0.25) is 0 Å². The highest BCUT2D eigenvalue weighted by molar-refractivity contribution is 5.41. The van der Waals surface area contributed by atoms with Crippen LogP contribution >= 0.6 is 0 Å². The molecule has 0 aliphatic heterocycles. The molecule has 0 heterocycles. The summed E-state index contributed by atoms with van der Waals surface area (Å²) in [6, 6.07) is 16.4. The van der Waals surface area contributed by atoms with Crippen LogP contribution in [-0.4, -0.2) is 12.2 Å². The van der Waals surface area contributed by atoms with E-state index in [-0.39, 0.29) is 12.0 Å². The molecule has 1 aliphatic rings. The van der Waals surface area contributed by atoms with Crippen LogP contribution in [0, 0.1) is 5.92 Å². The summed E-state index contributed by atoms with van der Waals surface area (Å²) in [5.74, 6) is 1.09. The van der Waals surface area contributed by atoms with E-state index in [1.807, 2.05) is 30.3 Å². The Kier molecular flexibility index (Phi) is 3.26. The summed E-state index contributed by atoms with van der Waals surface area (Å²) in [6.07, 6.45) is 1.47. The van der Waals surface area contributed by atoms with Gasteiger partial charge in [0.15, 0.2) is 0 Å². The summed E-state index contributed by atoms with van der Waals surface area (Å²) in [5.41, 5.74) is 3.56. The monoisotopic (exact) mass is 254 g/mol. The molecule has 0 saturated heterocycles. The Morgan fingerprint density at radius 3 is 2.68 bits per heavy atom. The van der Waals surface area contributed by atoms with E-state index in [4.69, 9.17) is 4.74 Å². The maximum atomic E-state index is 10.5. The molecule has 19 heavy (non-hydrogen) atoms. The van der Waals surface area contributed by atoms with Crippen molar-refractivity contribution in [2.75, 3.05) is 7.11 Å². The molecular formula is C17H18O2. The minimum absolute atomic E-state index is 0.268. The van der Waals surface area contributed by atoms with E-state index >= 15 is 0 Å². The maximum absolute atomic E-state index is 10.5. The fourth-order valence-corrected chi connectivity index (χ4v) is 2.91. The molecule has 2 aromatic rings. The van der Waals surface area contributed by atoms with Crippen molar-refractivity contribution in [2.45, 2.75) is 18.9 Å². The minimum atomic E-state index is -0.384. The van der Waals surface area contributed by atoms with Gasteiger partial charge < -0.3 is 9.84 Å². The van der Waals surface area contributed by atoms with Gasteiger partial charge >= 0.3 is 0 Å². The van der Waals surface area contributed by atoms with Crippen LogP contribution in [0.15, 0.2) is 48.5 Å². The first-order valence-corrected chi connectivity index (χ1v) is 6.66. The lowest BCUT2D eigenvalue weighted by Gasteiger charge is -2.15. The molecule has 0 aromatic heterocycles. The van der Waals surface area contributed by atoms with E-state index in [0.29, 0.717) is 0 Å². The molecule has 3 rings (SSSR count). The number of hydrogen-bond acceptors (Lipinski definition) is 2. The predicted molar refractivity (Wildman–Crippen MR) is 75.3 cm³/mol. The summed E-state index contributed by atoms with van der Waals surface area (Å²) in [6.45, 7) is 0. The second-order valence-electron chi connectivity index (χ2n) is 5.16. The van der Waals surface area contributed by atoms with Gasteiger partial charge in [0.1, 0.15) is 5.75 Å². The van der Waals surface area contributed by atoms with Gasteiger partial charge in [0, 0.05) is 0 Å². The van der Waals surface area contributed by atoms with E-state index in [1.165, 1.54) is 11.1 Å². The fourth-order valence-electron chi connectivity index (χ4n) is 2.91. The van der Waals surface area contributed by atoms with Gasteiger partial charge in [0.2, 0.25) is 0 Å². The second-order valence-corrected chi connectivity index (χ2v) is 5.16. The number of methoxy groups -OCH3 is 1. The highest BCUT2D eigenvalue weighted by Crippen LogP contribution is 2.39. The van der Waals surface area contributed by atoms with Gasteiger partial charge in [-0.05, 0) is 47.6 Å². The molecule has 2 atom stereocenters. The Morgan fingerprint density at radius 2 is 1.95 bits per heavy atom. The van der Waals surface area contributed by atoms with Crippen molar-refractivity contribution in [1.29, 1.82) is 0 Å². The predicted octanol–water partition coefficient (Wildman–Crippen LogP) is 3.14. The molecule has 0 saturated carbocycles. The maximum Gasteiger partial charge on any atom is 0.119 e. The lowest BCUT2D eigenvalue weighted by atomic mass is 9.95. The number of benzene rings is 2. The zero-order valence-electron chi connectivity index (χ0n) is 11.0. The zero-order chi connectivity index (χ0) is 13.2. The van der Waals surface area contributed by atoms with Crippen LogP contribution < -0.4 is 4.74 Å². The van der Waals surface area contributed by atoms with Crippen LogP contribution in [0.25, 0.3) is 0 Å². The smallest absolute Gasteiger partial charge is 0.119 e. The molecule has 0 unspecified atom stereocenters. The van der Waals surface area contributed by atoms with E-state index in [1.54, 1.807) is 7.11 Å². The van der Waals surface area contributed by atoms with Gasteiger partial charge in [-0.25, -0.2) is 0 Å². The largest absolute Gasteiger partial charge is 0.497 e. The first kappa shape index (κ1) is 12.2. The highest BCUT2D eigenvalue weighted by Gasteiger charge is 2.31. The summed E-state index contributed by atoms with van der Waals surface area (Å²) in [7, 11) is 1.66. The topological polar surface area (TPSA) is 29.5 Å². The van der Waals surface area contributed by atoms with Crippen molar-refractivity contribution in [3.05, 3.63) is 65.2 Å². The molecule has 2 heteroatoms. The van der Waals surface area contributed by atoms with Gasteiger partial charge in [-0.2, -0.15) is 0 Å². The molecule has 0 spiro atoms. The molecular weight excluding hydrogens is 236 g/mol. The standard InChI is InChI=1S/C17H18O2/c1-19-15-8-7-13-10-14(17(18)16(13)11-15)9-12-5-3-2-4-6-12/h2-8,11,14,17-18H,9-10H2,1H3/t14-,17-/m1/s1. The number of aliphatic hydroxyl groups excluding tert-OH is 1. The number of rotatable bonds is 3. The molecule has 0 radical (unpaired) electrons. The quantitative estimate of drug-likeness (QED) is 0.911. The Balaban J connectivity index is 1.81. The van der Waals surface area contributed by atoms with Gasteiger partial charge in [-0.15, -0.1) is 0 Å². The van der Waals surface area contributed by atoms with Gasteiger partial charge in [-0.3, -0.25) is 0 Å². The molecule has 0 fully saturated rings. The zero-order valence-corrected chi connectivity index (χ0v) is 11.0. The van der Waals surface area contributed by atoms with Crippen molar-refractivity contribution in [3.8, 4) is 5.75 Å².